The fraction of sp³-hybridized carbons (Fsp3) is 0.609. The Morgan fingerprint density at radius 3 is 2.04 bits per heavy atom. The van der Waals surface area contributed by atoms with Gasteiger partial charge in [0.1, 0.15) is 0 Å². The van der Waals surface area contributed by atoms with E-state index >= 15 is 0 Å². The Labute approximate surface area is 163 Å². The van der Waals surface area contributed by atoms with Crippen molar-refractivity contribution < 1.29 is 4.79 Å². The first-order chi connectivity index (χ1) is 13.2. The zero-order valence-electron chi connectivity index (χ0n) is 16.8. The fourth-order valence-electron chi connectivity index (χ4n) is 3.49. The third kappa shape index (κ3) is 7.28. The molecule has 0 saturated heterocycles. The average molecular weight is 371 g/mol. The molecule has 1 aromatic carbocycles. The zero-order chi connectivity index (χ0) is 19.3. The molecule has 0 saturated carbocycles. The summed E-state index contributed by atoms with van der Waals surface area (Å²) < 4.78 is 1.03. The van der Waals surface area contributed by atoms with Gasteiger partial charge in [-0.1, -0.05) is 95.8 Å². The molecule has 27 heavy (non-hydrogen) atoms. The highest BCUT2D eigenvalue weighted by atomic mass is 16.2. The van der Waals surface area contributed by atoms with Gasteiger partial charge in [0.15, 0.2) is 0 Å². The molecule has 0 atom stereocenters. The van der Waals surface area contributed by atoms with Crippen molar-refractivity contribution in [1.29, 1.82) is 0 Å². The van der Waals surface area contributed by atoms with Crippen molar-refractivity contribution in [2.75, 3.05) is 0 Å². The van der Waals surface area contributed by atoms with E-state index in [4.69, 9.17) is 0 Å². The highest BCUT2D eigenvalue weighted by Crippen LogP contribution is 2.13. The van der Waals surface area contributed by atoms with Gasteiger partial charge in [0, 0.05) is 11.8 Å². The van der Waals surface area contributed by atoms with Gasteiger partial charge < -0.3 is 0 Å². The van der Waals surface area contributed by atoms with Crippen molar-refractivity contribution in [3.05, 3.63) is 40.8 Å². The second kappa shape index (κ2) is 12.4. The first kappa shape index (κ1) is 21.3. The molecule has 4 nitrogen and oxygen atoms in total. The maximum absolute atomic E-state index is 12.4. The summed E-state index contributed by atoms with van der Waals surface area (Å²) in [7, 11) is 0. The molecule has 1 aromatic heterocycles. The number of unbranched alkanes of at least 4 members (excludes halogenated alkanes) is 11. The molecule has 0 unspecified atom stereocenters. The molecule has 0 spiro atoms. The van der Waals surface area contributed by atoms with Crippen LogP contribution in [0.25, 0.3) is 10.8 Å². The Balaban J connectivity index is 1.58. The number of hydrogen-bond donors (Lipinski definition) is 0. The average Bonchev–Trinajstić information content (AvgIpc) is 2.69. The molecule has 0 aliphatic heterocycles. The van der Waals surface area contributed by atoms with Crippen LogP contribution >= 0.6 is 0 Å². The Kier molecular flexibility index (Phi) is 9.81. The molecule has 0 aliphatic carbocycles. The summed E-state index contributed by atoms with van der Waals surface area (Å²) in [6, 6.07) is 7.25. The van der Waals surface area contributed by atoms with Crippen molar-refractivity contribution in [3.8, 4) is 0 Å². The Bertz CT molecular complexity index is 751. The molecule has 4 heteroatoms. The van der Waals surface area contributed by atoms with Crippen LogP contribution in [0.3, 0.4) is 0 Å². The summed E-state index contributed by atoms with van der Waals surface area (Å²) in [4.78, 5) is 24.7. The Morgan fingerprint density at radius 2 is 1.41 bits per heavy atom. The SMILES string of the molecule is CCCCCCCCCCCCCCC(=O)n1ncc2ccccc2c1=O. The van der Waals surface area contributed by atoms with E-state index in [1.807, 2.05) is 18.2 Å². The molecular formula is C23H34N2O2. The van der Waals surface area contributed by atoms with Crippen LogP contribution in [0.2, 0.25) is 0 Å². The van der Waals surface area contributed by atoms with Gasteiger partial charge in [-0.25, -0.2) is 0 Å². The molecule has 0 amide bonds. The highest BCUT2D eigenvalue weighted by Gasteiger charge is 2.10. The Hall–Kier alpha value is -1.97. The summed E-state index contributed by atoms with van der Waals surface area (Å²) in [5, 5.41) is 5.36. The largest absolute Gasteiger partial charge is 0.281 e. The molecule has 2 aromatic rings. The molecule has 0 fully saturated rings. The second-order valence-corrected chi connectivity index (χ2v) is 7.48. The summed E-state index contributed by atoms with van der Waals surface area (Å²) in [6.07, 6.45) is 17.1. The van der Waals surface area contributed by atoms with Crippen LogP contribution in [-0.4, -0.2) is 15.7 Å². The van der Waals surface area contributed by atoms with Crippen LogP contribution in [0.4, 0.5) is 0 Å². The lowest BCUT2D eigenvalue weighted by molar-refractivity contribution is 0.0877. The lowest BCUT2D eigenvalue weighted by Gasteiger charge is -2.05. The topological polar surface area (TPSA) is 52.0 Å². The lowest BCUT2D eigenvalue weighted by atomic mass is 10.0. The number of rotatable bonds is 13. The number of fused-ring (bicyclic) bond motifs is 1. The van der Waals surface area contributed by atoms with E-state index in [0.29, 0.717) is 11.8 Å². The molecule has 148 valence electrons. The lowest BCUT2D eigenvalue weighted by Crippen LogP contribution is -2.28. The van der Waals surface area contributed by atoms with Gasteiger partial charge in [-0.3, -0.25) is 9.59 Å². The van der Waals surface area contributed by atoms with E-state index in [1.54, 1.807) is 12.3 Å². The summed E-state index contributed by atoms with van der Waals surface area (Å²) in [6.45, 7) is 2.25. The van der Waals surface area contributed by atoms with E-state index in [-0.39, 0.29) is 11.5 Å². The van der Waals surface area contributed by atoms with Crippen molar-refractivity contribution in [1.82, 2.24) is 9.78 Å². The zero-order valence-corrected chi connectivity index (χ0v) is 16.8. The highest BCUT2D eigenvalue weighted by molar-refractivity contribution is 5.84. The molecule has 0 N–H and O–H groups in total. The van der Waals surface area contributed by atoms with Gasteiger partial charge in [-0.15, -0.1) is 0 Å². The predicted molar refractivity (Wildman–Crippen MR) is 112 cm³/mol. The minimum atomic E-state index is -0.308. The van der Waals surface area contributed by atoms with Crippen LogP contribution in [0, 0.1) is 0 Å². The maximum atomic E-state index is 12.4. The summed E-state index contributed by atoms with van der Waals surface area (Å²) in [5.41, 5.74) is -0.308. The number of hydrogen-bond acceptors (Lipinski definition) is 3. The molecule has 0 aliphatic rings. The number of carbonyl (C=O) groups is 1. The van der Waals surface area contributed by atoms with Gasteiger partial charge in [0.25, 0.3) is 5.56 Å². The van der Waals surface area contributed by atoms with Crippen LogP contribution in [0.5, 0.6) is 0 Å². The van der Waals surface area contributed by atoms with Crippen LogP contribution < -0.4 is 5.56 Å². The van der Waals surface area contributed by atoms with Crippen LogP contribution in [0.15, 0.2) is 35.3 Å². The monoisotopic (exact) mass is 370 g/mol. The van der Waals surface area contributed by atoms with Crippen LogP contribution in [0.1, 0.15) is 95.2 Å². The van der Waals surface area contributed by atoms with Gasteiger partial charge in [0.2, 0.25) is 5.91 Å². The van der Waals surface area contributed by atoms with E-state index < -0.39 is 0 Å². The van der Waals surface area contributed by atoms with Gasteiger partial charge >= 0.3 is 0 Å². The number of nitrogens with zero attached hydrogens (tertiary/aromatic N) is 2. The van der Waals surface area contributed by atoms with Crippen molar-refractivity contribution in [3.63, 3.8) is 0 Å². The first-order valence-corrected chi connectivity index (χ1v) is 10.7. The molecular weight excluding hydrogens is 336 g/mol. The van der Waals surface area contributed by atoms with Crippen molar-refractivity contribution >= 4 is 16.7 Å². The number of aromatic nitrogens is 2. The first-order valence-electron chi connectivity index (χ1n) is 10.7. The van der Waals surface area contributed by atoms with Gasteiger partial charge in [-0.2, -0.15) is 9.78 Å². The molecule has 1 heterocycles. The minimum absolute atomic E-state index is 0.196. The molecule has 0 bridgehead atoms. The predicted octanol–water partition coefficient (Wildman–Crippen LogP) is 6.13. The minimum Gasteiger partial charge on any atom is -0.272 e. The third-order valence-electron chi connectivity index (χ3n) is 5.18. The summed E-state index contributed by atoms with van der Waals surface area (Å²) in [5.74, 6) is -0.196. The van der Waals surface area contributed by atoms with E-state index in [2.05, 4.69) is 12.0 Å². The maximum Gasteiger partial charge on any atom is 0.281 e. The fourth-order valence-corrected chi connectivity index (χ4v) is 3.49. The normalized spacial score (nSPS) is 11.1. The van der Waals surface area contributed by atoms with Gasteiger partial charge in [-0.05, 0) is 12.5 Å². The van der Waals surface area contributed by atoms with E-state index in [9.17, 15) is 9.59 Å². The molecule has 0 radical (unpaired) electrons. The third-order valence-corrected chi connectivity index (χ3v) is 5.18. The van der Waals surface area contributed by atoms with Gasteiger partial charge in [0.05, 0.1) is 11.6 Å². The quantitative estimate of drug-likeness (QED) is 0.399. The Morgan fingerprint density at radius 1 is 0.852 bits per heavy atom. The van der Waals surface area contributed by atoms with E-state index in [0.717, 1.165) is 22.9 Å². The van der Waals surface area contributed by atoms with Crippen LogP contribution in [-0.2, 0) is 0 Å². The summed E-state index contributed by atoms with van der Waals surface area (Å²) >= 11 is 0. The smallest absolute Gasteiger partial charge is 0.272 e. The molecule has 2 rings (SSSR count). The van der Waals surface area contributed by atoms with Crippen molar-refractivity contribution in [2.45, 2.75) is 90.4 Å². The second-order valence-electron chi connectivity index (χ2n) is 7.48. The van der Waals surface area contributed by atoms with Crippen molar-refractivity contribution in [2.24, 2.45) is 0 Å². The van der Waals surface area contributed by atoms with E-state index in [1.165, 1.54) is 64.2 Å². The standard InChI is InChI=1S/C23H34N2O2/c1-2-3-4-5-6-7-8-9-10-11-12-13-18-22(26)25-23(27)21-17-15-14-16-20(21)19-24-25/h14-17,19H,2-13,18H2,1H3. The number of carbonyl (C=O) groups excluding carboxylic acids is 1. The number of benzene rings is 1.